The smallest absolute Gasteiger partial charge is 0.267 e. The lowest BCUT2D eigenvalue weighted by Crippen LogP contribution is -2.11. The molecule has 0 aliphatic heterocycles. The van der Waals surface area contributed by atoms with Gasteiger partial charge >= 0.3 is 0 Å². The molecule has 0 fully saturated rings. The first-order chi connectivity index (χ1) is 9.54. The van der Waals surface area contributed by atoms with Crippen LogP contribution in [0.2, 0.25) is 0 Å². The van der Waals surface area contributed by atoms with E-state index < -0.39 is 0 Å². The number of hydrogen-bond acceptors (Lipinski definition) is 4. The molecule has 0 aromatic carbocycles. The number of carbonyl (C=O) groups is 1. The van der Waals surface area contributed by atoms with Crippen LogP contribution in [0.5, 0.6) is 0 Å². The summed E-state index contributed by atoms with van der Waals surface area (Å²) in [5.41, 5.74) is 3.63. The maximum absolute atomic E-state index is 12.2. The Bertz CT molecular complexity index is 803. The van der Waals surface area contributed by atoms with Crippen molar-refractivity contribution >= 4 is 28.7 Å². The van der Waals surface area contributed by atoms with E-state index in [1.165, 1.54) is 11.3 Å². The van der Waals surface area contributed by atoms with Crippen molar-refractivity contribution in [1.29, 1.82) is 0 Å². The van der Waals surface area contributed by atoms with Crippen molar-refractivity contribution in [2.24, 2.45) is 0 Å². The summed E-state index contributed by atoms with van der Waals surface area (Å²) >= 11 is 1.43. The van der Waals surface area contributed by atoms with Gasteiger partial charge in [-0.05, 0) is 43.8 Å². The van der Waals surface area contributed by atoms with Crippen LogP contribution < -0.4 is 5.32 Å². The van der Waals surface area contributed by atoms with Gasteiger partial charge < -0.3 is 5.32 Å². The number of carbonyl (C=O) groups excluding carboxylic acids is 1. The number of aryl methyl sites for hydroxylation is 3. The van der Waals surface area contributed by atoms with E-state index in [1.54, 1.807) is 10.6 Å². The zero-order valence-electron chi connectivity index (χ0n) is 11.5. The molecule has 1 N–H and O–H groups in total. The monoisotopic (exact) mass is 286 g/mol. The molecule has 5 nitrogen and oxygen atoms in total. The first kappa shape index (κ1) is 12.8. The SMILES string of the molecule is Cc1cc(C)n2nc(NC(=O)c3sccc3C)cc2n1. The number of nitrogens with zero attached hydrogens (tertiary/aromatic N) is 3. The number of hydrogen-bond donors (Lipinski definition) is 1. The second-order valence-corrected chi connectivity index (χ2v) is 5.64. The van der Waals surface area contributed by atoms with E-state index in [1.807, 2.05) is 38.3 Å². The van der Waals surface area contributed by atoms with Gasteiger partial charge in [-0.2, -0.15) is 0 Å². The highest BCUT2D eigenvalue weighted by molar-refractivity contribution is 7.12. The van der Waals surface area contributed by atoms with Gasteiger partial charge in [0.25, 0.3) is 5.91 Å². The molecule has 1 amide bonds. The molecule has 0 spiro atoms. The van der Waals surface area contributed by atoms with Crippen molar-refractivity contribution in [3.63, 3.8) is 0 Å². The van der Waals surface area contributed by atoms with Crippen LogP contribution >= 0.6 is 11.3 Å². The van der Waals surface area contributed by atoms with Gasteiger partial charge in [-0.1, -0.05) is 0 Å². The molecule has 3 rings (SSSR count). The highest BCUT2D eigenvalue weighted by atomic mass is 32.1. The average Bonchev–Trinajstić information content (AvgIpc) is 2.95. The standard InChI is InChI=1S/C14H14N4OS/c1-8-4-5-20-13(8)14(19)16-11-7-12-15-9(2)6-10(3)18(12)17-11/h4-7H,1-3H3,(H,16,17,19). The number of anilines is 1. The lowest BCUT2D eigenvalue weighted by Gasteiger charge is -2.00. The lowest BCUT2D eigenvalue weighted by atomic mass is 10.3. The summed E-state index contributed by atoms with van der Waals surface area (Å²) in [4.78, 5) is 17.3. The molecule has 20 heavy (non-hydrogen) atoms. The number of fused-ring (bicyclic) bond motifs is 1. The van der Waals surface area contributed by atoms with Crippen LogP contribution in [-0.4, -0.2) is 20.5 Å². The molecule has 3 heterocycles. The molecule has 3 aromatic rings. The van der Waals surface area contributed by atoms with Crippen molar-refractivity contribution in [3.8, 4) is 0 Å². The van der Waals surface area contributed by atoms with E-state index in [-0.39, 0.29) is 5.91 Å². The van der Waals surface area contributed by atoms with Gasteiger partial charge in [-0.25, -0.2) is 9.50 Å². The number of aromatic nitrogens is 3. The fourth-order valence-corrected chi connectivity index (χ4v) is 2.95. The Hall–Kier alpha value is -2.21. The van der Waals surface area contributed by atoms with Crippen molar-refractivity contribution < 1.29 is 4.79 Å². The fourth-order valence-electron chi connectivity index (χ4n) is 2.13. The summed E-state index contributed by atoms with van der Waals surface area (Å²) in [7, 11) is 0. The molecule has 3 aromatic heterocycles. The van der Waals surface area contributed by atoms with Gasteiger partial charge in [0.15, 0.2) is 11.5 Å². The number of rotatable bonds is 2. The minimum Gasteiger partial charge on any atom is -0.304 e. The van der Waals surface area contributed by atoms with Crippen LogP contribution in [0, 0.1) is 20.8 Å². The third-order valence-corrected chi connectivity index (χ3v) is 4.06. The van der Waals surface area contributed by atoms with Crippen LogP contribution in [0.1, 0.15) is 26.6 Å². The molecular formula is C14H14N4OS. The van der Waals surface area contributed by atoms with E-state index in [4.69, 9.17) is 0 Å². The summed E-state index contributed by atoms with van der Waals surface area (Å²) < 4.78 is 1.73. The summed E-state index contributed by atoms with van der Waals surface area (Å²) in [5.74, 6) is 0.388. The van der Waals surface area contributed by atoms with Crippen molar-refractivity contribution in [2.45, 2.75) is 20.8 Å². The molecule has 0 saturated heterocycles. The third-order valence-electron chi connectivity index (χ3n) is 3.04. The number of amides is 1. The molecular weight excluding hydrogens is 272 g/mol. The number of nitrogens with one attached hydrogen (secondary N) is 1. The first-order valence-electron chi connectivity index (χ1n) is 6.24. The summed E-state index contributed by atoms with van der Waals surface area (Å²) in [6, 6.07) is 5.66. The second-order valence-electron chi connectivity index (χ2n) is 4.73. The molecule has 6 heteroatoms. The normalized spacial score (nSPS) is 10.9. The minimum atomic E-state index is -0.129. The molecule has 0 aliphatic carbocycles. The first-order valence-corrected chi connectivity index (χ1v) is 7.12. The Morgan fingerprint density at radius 3 is 2.80 bits per heavy atom. The van der Waals surface area contributed by atoms with Crippen molar-refractivity contribution in [2.75, 3.05) is 5.32 Å². The lowest BCUT2D eigenvalue weighted by molar-refractivity contribution is 0.102. The van der Waals surface area contributed by atoms with Gasteiger partial charge in [0, 0.05) is 17.5 Å². The maximum Gasteiger partial charge on any atom is 0.267 e. The topological polar surface area (TPSA) is 59.3 Å². The Morgan fingerprint density at radius 1 is 1.30 bits per heavy atom. The van der Waals surface area contributed by atoms with Crippen LogP contribution in [0.15, 0.2) is 23.6 Å². The van der Waals surface area contributed by atoms with Crippen molar-refractivity contribution in [1.82, 2.24) is 14.6 Å². The van der Waals surface area contributed by atoms with E-state index in [0.29, 0.717) is 10.7 Å². The predicted octanol–water partition coefficient (Wildman–Crippen LogP) is 2.97. The van der Waals surface area contributed by atoms with Crippen LogP contribution in [0.3, 0.4) is 0 Å². The van der Waals surface area contributed by atoms with Crippen LogP contribution in [0.25, 0.3) is 5.65 Å². The highest BCUT2D eigenvalue weighted by Crippen LogP contribution is 2.18. The summed E-state index contributed by atoms with van der Waals surface area (Å²) in [6.45, 7) is 5.82. The minimum absolute atomic E-state index is 0.129. The van der Waals surface area contributed by atoms with Crippen molar-refractivity contribution in [3.05, 3.63) is 45.4 Å². The molecule has 0 atom stereocenters. The molecule has 0 saturated carbocycles. The molecule has 0 unspecified atom stereocenters. The maximum atomic E-state index is 12.2. The molecule has 0 aliphatic rings. The quantitative estimate of drug-likeness (QED) is 0.788. The molecule has 102 valence electrons. The second kappa shape index (κ2) is 4.72. The third kappa shape index (κ3) is 2.18. The summed E-state index contributed by atoms with van der Waals surface area (Å²) in [6.07, 6.45) is 0. The van der Waals surface area contributed by atoms with E-state index in [9.17, 15) is 4.79 Å². The number of thiophene rings is 1. The van der Waals surface area contributed by atoms with E-state index >= 15 is 0 Å². The van der Waals surface area contributed by atoms with E-state index in [2.05, 4.69) is 15.4 Å². The van der Waals surface area contributed by atoms with Gasteiger partial charge in [-0.3, -0.25) is 4.79 Å². The molecule has 0 bridgehead atoms. The predicted molar refractivity (Wildman–Crippen MR) is 79.5 cm³/mol. The average molecular weight is 286 g/mol. The largest absolute Gasteiger partial charge is 0.304 e. The van der Waals surface area contributed by atoms with Gasteiger partial charge in [0.1, 0.15) is 0 Å². The fraction of sp³-hybridized carbons (Fsp3) is 0.214. The zero-order chi connectivity index (χ0) is 14.3. The van der Waals surface area contributed by atoms with Gasteiger partial charge in [-0.15, -0.1) is 16.4 Å². The van der Waals surface area contributed by atoms with Gasteiger partial charge in [0.2, 0.25) is 0 Å². The zero-order valence-corrected chi connectivity index (χ0v) is 12.3. The Kier molecular flexibility index (Phi) is 3.02. The Labute approximate surface area is 120 Å². The summed E-state index contributed by atoms with van der Waals surface area (Å²) in [5, 5.41) is 9.09. The molecule has 0 radical (unpaired) electrons. The van der Waals surface area contributed by atoms with E-state index in [0.717, 1.165) is 22.6 Å². The Morgan fingerprint density at radius 2 is 2.10 bits per heavy atom. The van der Waals surface area contributed by atoms with Crippen LogP contribution in [-0.2, 0) is 0 Å². The highest BCUT2D eigenvalue weighted by Gasteiger charge is 2.13. The van der Waals surface area contributed by atoms with Crippen LogP contribution in [0.4, 0.5) is 5.82 Å². The Balaban J connectivity index is 1.94. The van der Waals surface area contributed by atoms with Gasteiger partial charge in [0.05, 0.1) is 4.88 Å².